The van der Waals surface area contributed by atoms with Crippen molar-refractivity contribution >= 4 is 22.7 Å². The number of ether oxygens (including phenoxy) is 2. The minimum Gasteiger partial charge on any atom is -0.497 e. The fraction of sp³-hybridized carbons (Fsp3) is 0.370. The fourth-order valence-electron chi connectivity index (χ4n) is 4.64. The van der Waals surface area contributed by atoms with Crippen LogP contribution < -0.4 is 4.74 Å². The second-order valence-corrected chi connectivity index (χ2v) is 8.86. The van der Waals surface area contributed by atoms with Crippen LogP contribution in [0.5, 0.6) is 5.75 Å². The first-order valence-electron chi connectivity index (χ1n) is 12.0. The van der Waals surface area contributed by atoms with Gasteiger partial charge in [0.1, 0.15) is 5.75 Å². The molecule has 0 unspecified atom stereocenters. The molecule has 8 nitrogen and oxygen atoms in total. The summed E-state index contributed by atoms with van der Waals surface area (Å²) < 4.78 is 10.6. The molecule has 2 aliphatic heterocycles. The molecule has 5 rings (SSSR count). The molecular formula is C27H30N4O4. The molecule has 182 valence electrons. The number of amides is 2. The van der Waals surface area contributed by atoms with Gasteiger partial charge in [-0.2, -0.15) is 0 Å². The number of nitrogens with zero attached hydrogens (tertiary/aromatic N) is 4. The van der Waals surface area contributed by atoms with Crippen LogP contribution in [0.1, 0.15) is 10.4 Å². The Morgan fingerprint density at radius 1 is 0.914 bits per heavy atom. The van der Waals surface area contributed by atoms with Gasteiger partial charge in [-0.15, -0.1) is 0 Å². The highest BCUT2D eigenvalue weighted by Gasteiger charge is 2.27. The average molecular weight is 475 g/mol. The summed E-state index contributed by atoms with van der Waals surface area (Å²) in [4.78, 5) is 37.0. The van der Waals surface area contributed by atoms with Crippen LogP contribution in [-0.4, -0.2) is 97.6 Å². The first kappa shape index (κ1) is 23.3. The van der Waals surface area contributed by atoms with Gasteiger partial charge >= 0.3 is 0 Å². The van der Waals surface area contributed by atoms with E-state index in [0.717, 1.165) is 41.0 Å². The predicted octanol–water partition coefficient (Wildman–Crippen LogP) is 2.53. The molecule has 0 aliphatic carbocycles. The van der Waals surface area contributed by atoms with Crippen LogP contribution in [0.3, 0.4) is 0 Å². The van der Waals surface area contributed by atoms with Crippen LogP contribution in [0, 0.1) is 0 Å². The number of para-hydroxylation sites is 1. The monoisotopic (exact) mass is 474 g/mol. The summed E-state index contributed by atoms with van der Waals surface area (Å²) in [7, 11) is 1.63. The second kappa shape index (κ2) is 10.4. The molecule has 3 aromatic rings. The lowest BCUT2D eigenvalue weighted by Crippen LogP contribution is -2.53. The lowest BCUT2D eigenvalue weighted by Gasteiger charge is -2.36. The molecule has 0 spiro atoms. The SMILES string of the molecule is COc1ccc(-c2cc(C(=O)N3CCN(C(=O)CN4CCOCC4)CC3)c3ccccc3n2)cc1. The number of methoxy groups -OCH3 is 1. The van der Waals surface area contributed by atoms with E-state index in [-0.39, 0.29) is 11.8 Å². The maximum Gasteiger partial charge on any atom is 0.254 e. The molecule has 2 aromatic carbocycles. The lowest BCUT2D eigenvalue weighted by molar-refractivity contribution is -0.134. The summed E-state index contributed by atoms with van der Waals surface area (Å²) >= 11 is 0. The smallest absolute Gasteiger partial charge is 0.254 e. The Morgan fingerprint density at radius 2 is 1.60 bits per heavy atom. The first-order valence-corrected chi connectivity index (χ1v) is 12.0. The third-order valence-corrected chi connectivity index (χ3v) is 6.71. The fourth-order valence-corrected chi connectivity index (χ4v) is 4.64. The summed E-state index contributed by atoms with van der Waals surface area (Å²) in [6.07, 6.45) is 0. The minimum absolute atomic E-state index is 0.0290. The molecule has 3 heterocycles. The van der Waals surface area contributed by atoms with Gasteiger partial charge in [0.15, 0.2) is 0 Å². The molecule has 1 aromatic heterocycles. The Kier molecular flexibility index (Phi) is 6.92. The van der Waals surface area contributed by atoms with Gasteiger partial charge in [-0.1, -0.05) is 18.2 Å². The molecule has 35 heavy (non-hydrogen) atoms. The van der Waals surface area contributed by atoms with E-state index < -0.39 is 0 Å². The molecule has 2 amide bonds. The van der Waals surface area contributed by atoms with Gasteiger partial charge in [0.05, 0.1) is 43.6 Å². The average Bonchev–Trinajstić information content (AvgIpc) is 2.92. The van der Waals surface area contributed by atoms with Crippen molar-refractivity contribution in [2.75, 3.05) is 66.1 Å². The van der Waals surface area contributed by atoms with E-state index in [2.05, 4.69) is 4.90 Å². The zero-order valence-electron chi connectivity index (χ0n) is 20.0. The van der Waals surface area contributed by atoms with Crippen LogP contribution in [0.15, 0.2) is 54.6 Å². The van der Waals surface area contributed by atoms with Crippen molar-refractivity contribution in [1.82, 2.24) is 19.7 Å². The Hall–Kier alpha value is -3.49. The van der Waals surface area contributed by atoms with Crippen LogP contribution in [0.2, 0.25) is 0 Å². The maximum atomic E-state index is 13.6. The molecular weight excluding hydrogens is 444 g/mol. The number of aromatic nitrogens is 1. The normalized spacial score (nSPS) is 16.9. The lowest BCUT2D eigenvalue weighted by atomic mass is 10.0. The van der Waals surface area contributed by atoms with Gasteiger partial charge in [0.2, 0.25) is 5.91 Å². The molecule has 0 N–H and O–H groups in total. The molecule has 0 atom stereocenters. The minimum atomic E-state index is -0.0290. The van der Waals surface area contributed by atoms with E-state index in [0.29, 0.717) is 51.5 Å². The van der Waals surface area contributed by atoms with Crippen molar-refractivity contribution in [1.29, 1.82) is 0 Å². The quantitative estimate of drug-likeness (QED) is 0.566. The third-order valence-electron chi connectivity index (χ3n) is 6.71. The second-order valence-electron chi connectivity index (χ2n) is 8.86. The van der Waals surface area contributed by atoms with Crippen molar-refractivity contribution in [3.63, 3.8) is 0 Å². The van der Waals surface area contributed by atoms with E-state index in [9.17, 15) is 9.59 Å². The number of fused-ring (bicyclic) bond motifs is 1. The van der Waals surface area contributed by atoms with E-state index in [1.807, 2.05) is 64.4 Å². The molecule has 2 aliphatic rings. The van der Waals surface area contributed by atoms with E-state index >= 15 is 0 Å². The third kappa shape index (κ3) is 5.13. The Labute approximate surface area is 205 Å². The highest BCUT2D eigenvalue weighted by molar-refractivity contribution is 6.07. The largest absolute Gasteiger partial charge is 0.497 e. The predicted molar refractivity (Wildman–Crippen MR) is 133 cm³/mol. The van der Waals surface area contributed by atoms with Crippen LogP contribution in [-0.2, 0) is 9.53 Å². The number of carbonyl (C=O) groups excluding carboxylic acids is 2. The van der Waals surface area contributed by atoms with E-state index in [4.69, 9.17) is 14.5 Å². The summed E-state index contributed by atoms with van der Waals surface area (Å²) in [6.45, 7) is 5.46. The van der Waals surface area contributed by atoms with Crippen LogP contribution in [0.4, 0.5) is 0 Å². The topological polar surface area (TPSA) is 75.2 Å². The number of benzene rings is 2. The standard InChI is InChI=1S/C27H30N4O4/c1-34-21-8-6-20(7-9-21)25-18-23(22-4-2-3-5-24(22)28-25)27(33)31-12-10-30(11-13-31)26(32)19-29-14-16-35-17-15-29/h2-9,18H,10-17,19H2,1H3. The molecule has 8 heteroatoms. The van der Waals surface area contributed by atoms with Crippen LogP contribution in [0.25, 0.3) is 22.2 Å². The number of carbonyl (C=O) groups is 2. The number of morpholine rings is 1. The van der Waals surface area contributed by atoms with Crippen molar-refractivity contribution in [3.05, 3.63) is 60.2 Å². The van der Waals surface area contributed by atoms with Gasteiger partial charge < -0.3 is 19.3 Å². The zero-order valence-corrected chi connectivity index (χ0v) is 20.0. The summed E-state index contributed by atoms with van der Waals surface area (Å²) in [5.41, 5.74) is 3.08. The molecule has 2 saturated heterocycles. The highest BCUT2D eigenvalue weighted by Crippen LogP contribution is 2.27. The Morgan fingerprint density at radius 3 is 2.31 bits per heavy atom. The molecule has 0 bridgehead atoms. The maximum absolute atomic E-state index is 13.6. The number of pyridine rings is 1. The van der Waals surface area contributed by atoms with Gasteiger partial charge in [-0.05, 0) is 36.4 Å². The number of hydrogen-bond donors (Lipinski definition) is 0. The molecule has 0 radical (unpaired) electrons. The Bertz CT molecular complexity index is 1200. The highest BCUT2D eigenvalue weighted by atomic mass is 16.5. The van der Waals surface area contributed by atoms with Gasteiger partial charge in [0, 0.05) is 50.2 Å². The number of rotatable bonds is 5. The van der Waals surface area contributed by atoms with Crippen molar-refractivity contribution < 1.29 is 19.1 Å². The summed E-state index contributed by atoms with van der Waals surface area (Å²) in [5, 5.41) is 0.834. The first-order chi connectivity index (χ1) is 17.1. The summed E-state index contributed by atoms with van der Waals surface area (Å²) in [5.74, 6) is 0.862. The Balaban J connectivity index is 1.32. The van der Waals surface area contributed by atoms with Crippen molar-refractivity contribution in [3.8, 4) is 17.0 Å². The zero-order chi connectivity index (χ0) is 24.2. The van der Waals surface area contributed by atoms with E-state index in [1.54, 1.807) is 7.11 Å². The van der Waals surface area contributed by atoms with Gasteiger partial charge in [0.25, 0.3) is 5.91 Å². The molecule has 2 fully saturated rings. The van der Waals surface area contributed by atoms with E-state index in [1.165, 1.54) is 0 Å². The van der Waals surface area contributed by atoms with Gasteiger partial charge in [-0.25, -0.2) is 4.98 Å². The van der Waals surface area contributed by atoms with Crippen LogP contribution >= 0.6 is 0 Å². The van der Waals surface area contributed by atoms with Crippen molar-refractivity contribution in [2.45, 2.75) is 0 Å². The number of piperazine rings is 1. The molecule has 0 saturated carbocycles. The number of hydrogen-bond acceptors (Lipinski definition) is 6. The van der Waals surface area contributed by atoms with Crippen molar-refractivity contribution in [2.24, 2.45) is 0 Å². The van der Waals surface area contributed by atoms with Gasteiger partial charge in [-0.3, -0.25) is 14.5 Å². The summed E-state index contributed by atoms with van der Waals surface area (Å²) in [6, 6.07) is 17.3.